The highest BCUT2D eigenvalue weighted by atomic mass is 35.5. The zero-order chi connectivity index (χ0) is 37.2. The van der Waals surface area contributed by atoms with E-state index in [1.807, 2.05) is 18.2 Å². The first-order valence-electron chi connectivity index (χ1n) is 14.7. The predicted molar refractivity (Wildman–Crippen MR) is 186 cm³/mol. The number of nitrogens with zero attached hydrogens (tertiary/aromatic N) is 5. The Labute approximate surface area is 295 Å². The van der Waals surface area contributed by atoms with Gasteiger partial charge in [0.15, 0.2) is 0 Å². The second kappa shape index (κ2) is 17.6. The Bertz CT molecular complexity index is 1680. The third-order valence-electron chi connectivity index (χ3n) is 7.24. The summed E-state index contributed by atoms with van der Waals surface area (Å²) in [7, 11) is 4.42. The molecular weight excluding hydrogens is 708 g/mol. The molecule has 0 spiro atoms. The van der Waals surface area contributed by atoms with Gasteiger partial charge >= 0.3 is 18.2 Å². The van der Waals surface area contributed by atoms with Crippen molar-refractivity contribution < 1.29 is 42.1 Å². The molecule has 50 heavy (non-hydrogen) atoms. The lowest BCUT2D eigenvalue weighted by Crippen LogP contribution is -2.46. The largest absolute Gasteiger partial charge is 0.495 e. The van der Waals surface area contributed by atoms with Crippen LogP contribution in [0, 0.1) is 0 Å². The molecule has 0 bridgehead atoms. The summed E-state index contributed by atoms with van der Waals surface area (Å²) in [6.07, 6.45) is -2.56. The van der Waals surface area contributed by atoms with E-state index in [0.29, 0.717) is 17.2 Å². The number of anilines is 6. The first kappa shape index (κ1) is 39.4. The summed E-state index contributed by atoms with van der Waals surface area (Å²) in [6, 6.07) is 8.32. The fourth-order valence-electron chi connectivity index (χ4n) is 4.47. The van der Waals surface area contributed by atoms with E-state index in [9.17, 15) is 22.8 Å². The number of likely N-dealkylation sites (N-methyl/N-ethyl adjacent to an activating group) is 1. The van der Waals surface area contributed by atoms with E-state index >= 15 is 0 Å². The molecule has 3 amide bonds. The maximum atomic E-state index is 13.2. The monoisotopic (exact) mass is 742 g/mol. The molecule has 0 radical (unpaired) electrons. The smallest absolute Gasteiger partial charge is 0.490 e. The molecule has 14 nitrogen and oxygen atoms in total. The van der Waals surface area contributed by atoms with Crippen LogP contribution in [0.1, 0.15) is 6.92 Å². The Kier molecular flexibility index (Phi) is 13.9. The van der Waals surface area contributed by atoms with Gasteiger partial charge in [-0.2, -0.15) is 13.2 Å². The van der Waals surface area contributed by atoms with Gasteiger partial charge in [-0.3, -0.25) is 9.69 Å². The Morgan fingerprint density at radius 1 is 1.00 bits per heavy atom. The summed E-state index contributed by atoms with van der Waals surface area (Å²) in [4.78, 5) is 48.8. The number of aliphatic carboxylic acids is 1. The summed E-state index contributed by atoms with van der Waals surface area (Å²) in [6.45, 7) is 10.4. The molecule has 0 unspecified atom stereocenters. The van der Waals surface area contributed by atoms with E-state index in [2.05, 4.69) is 49.2 Å². The first-order valence-corrected chi connectivity index (χ1v) is 15.5. The highest BCUT2D eigenvalue weighted by molar-refractivity contribution is 6.41. The third kappa shape index (κ3) is 10.3. The topological polar surface area (TPSA) is 161 Å². The van der Waals surface area contributed by atoms with Crippen molar-refractivity contribution in [1.29, 1.82) is 0 Å². The highest BCUT2D eigenvalue weighted by Gasteiger charge is 2.38. The lowest BCUT2D eigenvalue weighted by atomic mass is 10.2. The van der Waals surface area contributed by atoms with Gasteiger partial charge in [-0.15, -0.1) is 0 Å². The zero-order valence-electron chi connectivity index (χ0n) is 27.4. The van der Waals surface area contributed by atoms with E-state index < -0.39 is 18.2 Å². The maximum absolute atomic E-state index is 13.2. The first-order chi connectivity index (χ1) is 23.6. The number of benzene rings is 2. The van der Waals surface area contributed by atoms with Crippen molar-refractivity contribution in [2.45, 2.75) is 13.1 Å². The van der Waals surface area contributed by atoms with E-state index in [-0.39, 0.29) is 39.0 Å². The van der Waals surface area contributed by atoms with Crippen molar-refractivity contribution in [3.63, 3.8) is 0 Å². The minimum absolute atomic E-state index is 0.116. The van der Waals surface area contributed by atoms with E-state index in [1.54, 1.807) is 6.07 Å². The molecule has 19 heteroatoms. The molecule has 0 aliphatic carbocycles. The molecular formula is C31H35Cl2F3N8O6. The van der Waals surface area contributed by atoms with Gasteiger partial charge in [-0.1, -0.05) is 36.7 Å². The van der Waals surface area contributed by atoms with Crippen molar-refractivity contribution in [2.24, 2.45) is 0 Å². The number of aromatic nitrogens is 2. The van der Waals surface area contributed by atoms with Crippen molar-refractivity contribution in [2.75, 3.05) is 79.7 Å². The fourth-order valence-corrected chi connectivity index (χ4v) is 5.07. The number of hydrogen-bond acceptors (Lipinski definition) is 10. The van der Waals surface area contributed by atoms with Gasteiger partial charge in [0, 0.05) is 51.0 Å². The SMILES string of the molecule is C=CC(=O)Nc1ccc(N2CCN(CC)CC2)cc1Nc1cc(N(C)C(=O)Nc2c(Cl)c(OC)cc(OC)c2Cl)ncn1.O=C(O)C(F)(F)F. The standard InChI is InChI=1S/C29H34Cl2N8O4.C2HF3O2/c1-6-25(40)35-19-9-8-18(39-12-10-38(7-2)11-13-39)14-20(19)34-23-16-24(33-17-32-23)37(3)29(41)36-28-26(30)21(42-4)15-22(43-5)27(28)31;3-2(4,5)1(6)7/h6,8-9,14-17H,1,7,10-13H2,2-5H3,(H,35,40)(H,36,41)(H,32,33,34);(H,6,7). The zero-order valence-corrected chi connectivity index (χ0v) is 28.9. The molecule has 1 saturated heterocycles. The number of carboxylic acids is 1. The number of ether oxygens (including phenoxy) is 2. The van der Waals surface area contributed by atoms with E-state index in [0.717, 1.165) is 38.4 Å². The number of urea groups is 1. The van der Waals surface area contributed by atoms with Gasteiger partial charge in [0.05, 0.1) is 31.3 Å². The minimum atomic E-state index is -5.08. The second-order valence-electron chi connectivity index (χ2n) is 10.3. The van der Waals surface area contributed by atoms with E-state index in [4.69, 9.17) is 42.6 Å². The number of carbonyl (C=O) groups excluding carboxylic acids is 2. The van der Waals surface area contributed by atoms with Crippen LogP contribution in [0.2, 0.25) is 10.0 Å². The lowest BCUT2D eigenvalue weighted by Gasteiger charge is -2.35. The summed E-state index contributed by atoms with van der Waals surface area (Å²) < 4.78 is 42.3. The van der Waals surface area contributed by atoms with Crippen LogP contribution in [0.4, 0.5) is 52.4 Å². The molecule has 1 fully saturated rings. The number of piperazine rings is 1. The van der Waals surface area contributed by atoms with Crippen molar-refractivity contribution in [3.8, 4) is 11.5 Å². The molecule has 4 N–H and O–H groups in total. The van der Waals surface area contributed by atoms with Crippen LogP contribution >= 0.6 is 23.2 Å². The van der Waals surface area contributed by atoms with Crippen LogP contribution < -0.4 is 35.2 Å². The summed E-state index contributed by atoms with van der Waals surface area (Å²) in [5, 5.41) is 16.1. The van der Waals surface area contributed by atoms with Crippen LogP contribution in [-0.2, 0) is 9.59 Å². The van der Waals surface area contributed by atoms with Gasteiger partial charge in [-0.25, -0.2) is 19.6 Å². The average molecular weight is 744 g/mol. The Morgan fingerprint density at radius 2 is 1.60 bits per heavy atom. The molecule has 3 aromatic rings. The minimum Gasteiger partial charge on any atom is -0.495 e. The number of rotatable bonds is 10. The Balaban J connectivity index is 0.000000872. The number of halogens is 5. The summed E-state index contributed by atoms with van der Waals surface area (Å²) >= 11 is 12.8. The number of alkyl halides is 3. The molecule has 1 aliphatic rings. The molecule has 1 aromatic heterocycles. The molecule has 0 atom stereocenters. The molecule has 0 saturated carbocycles. The number of amides is 3. The maximum Gasteiger partial charge on any atom is 0.490 e. The van der Waals surface area contributed by atoms with Gasteiger partial charge in [-0.05, 0) is 30.8 Å². The predicted octanol–water partition coefficient (Wildman–Crippen LogP) is 6.11. The van der Waals surface area contributed by atoms with Crippen LogP contribution in [0.5, 0.6) is 11.5 Å². The summed E-state index contributed by atoms with van der Waals surface area (Å²) in [5.74, 6) is -1.87. The molecule has 2 heterocycles. The second-order valence-corrected chi connectivity index (χ2v) is 11.1. The number of carboxylic acid groups (broad SMARTS) is 1. The molecule has 270 valence electrons. The van der Waals surface area contributed by atoms with Crippen LogP contribution in [0.15, 0.2) is 49.3 Å². The van der Waals surface area contributed by atoms with E-state index in [1.165, 1.54) is 44.6 Å². The number of methoxy groups -OCH3 is 2. The van der Waals surface area contributed by atoms with Crippen LogP contribution in [-0.4, -0.2) is 98.0 Å². The summed E-state index contributed by atoms with van der Waals surface area (Å²) in [5.41, 5.74) is 2.29. The molecule has 2 aromatic carbocycles. The van der Waals surface area contributed by atoms with Crippen LogP contribution in [0.25, 0.3) is 0 Å². The fraction of sp³-hybridized carbons (Fsp3) is 0.323. The Morgan fingerprint density at radius 3 is 2.12 bits per heavy atom. The number of hydrogen-bond donors (Lipinski definition) is 4. The number of carbonyl (C=O) groups is 3. The highest BCUT2D eigenvalue weighted by Crippen LogP contribution is 2.44. The lowest BCUT2D eigenvalue weighted by molar-refractivity contribution is -0.192. The quantitative estimate of drug-likeness (QED) is 0.177. The Hall–Kier alpha value is -5.00. The van der Waals surface area contributed by atoms with Gasteiger partial charge in [0.25, 0.3) is 0 Å². The normalized spacial score (nSPS) is 12.9. The van der Waals surface area contributed by atoms with Crippen molar-refractivity contribution in [3.05, 3.63) is 59.4 Å². The average Bonchev–Trinajstić information content (AvgIpc) is 3.10. The van der Waals surface area contributed by atoms with Gasteiger partial charge in [0.2, 0.25) is 5.91 Å². The van der Waals surface area contributed by atoms with Crippen LogP contribution in [0.3, 0.4) is 0 Å². The number of nitrogens with one attached hydrogen (secondary N) is 3. The van der Waals surface area contributed by atoms with Crippen molar-refractivity contribution in [1.82, 2.24) is 14.9 Å². The molecule has 1 aliphatic heterocycles. The molecule has 4 rings (SSSR count). The van der Waals surface area contributed by atoms with Gasteiger partial charge in [0.1, 0.15) is 39.5 Å². The third-order valence-corrected chi connectivity index (χ3v) is 7.99. The van der Waals surface area contributed by atoms with Gasteiger partial charge < -0.3 is 40.3 Å². The van der Waals surface area contributed by atoms with Crippen molar-refractivity contribution >= 4 is 75.5 Å².